The van der Waals surface area contributed by atoms with Gasteiger partial charge in [-0.05, 0) is 44.2 Å². The molecule has 1 heterocycles. The van der Waals surface area contributed by atoms with Gasteiger partial charge in [-0.15, -0.1) is 0 Å². The maximum atomic E-state index is 12.6. The topological polar surface area (TPSA) is 93.2 Å². The number of hydrogen-bond acceptors (Lipinski definition) is 6. The van der Waals surface area contributed by atoms with Gasteiger partial charge in [0.15, 0.2) is 0 Å². The largest absolute Gasteiger partial charge is 0.465 e. The van der Waals surface area contributed by atoms with Gasteiger partial charge in [-0.3, -0.25) is 4.79 Å². The summed E-state index contributed by atoms with van der Waals surface area (Å²) in [7, 11) is 1.31. The third-order valence-corrected chi connectivity index (χ3v) is 3.94. The quantitative estimate of drug-likeness (QED) is 0.657. The van der Waals surface area contributed by atoms with Crippen molar-refractivity contribution in [2.45, 2.75) is 13.8 Å². The van der Waals surface area contributed by atoms with E-state index in [9.17, 15) is 9.59 Å². The summed E-state index contributed by atoms with van der Waals surface area (Å²) in [5.74, 6) is 0.105. The second kappa shape index (κ2) is 8.30. The Bertz CT molecular complexity index is 1020. The molecule has 1 amide bonds. The minimum absolute atomic E-state index is 0.214. The lowest BCUT2D eigenvalue weighted by Crippen LogP contribution is -2.16. The number of anilines is 3. The van der Waals surface area contributed by atoms with E-state index in [-0.39, 0.29) is 5.69 Å². The lowest BCUT2D eigenvalue weighted by molar-refractivity contribution is 0.0600. The molecule has 0 radical (unpaired) electrons. The van der Waals surface area contributed by atoms with Crippen LogP contribution in [0.4, 0.5) is 17.2 Å². The number of carbonyl (C=O) groups is 2. The van der Waals surface area contributed by atoms with Crippen molar-refractivity contribution in [3.63, 3.8) is 0 Å². The molecule has 0 spiro atoms. The van der Waals surface area contributed by atoms with E-state index < -0.39 is 11.9 Å². The fourth-order valence-electron chi connectivity index (χ4n) is 2.57. The summed E-state index contributed by atoms with van der Waals surface area (Å²) in [6.45, 7) is 3.73. The standard InChI is InChI=1S/C21H20N4O3/c1-13-7-9-16(10-8-13)24-19-12-18(22-14(2)23-19)20(26)25-17-6-4-5-15(11-17)21(27)28-3/h4-12H,1-3H3,(H,25,26)(H,22,23,24). The van der Waals surface area contributed by atoms with Crippen LogP contribution in [0.15, 0.2) is 54.6 Å². The predicted octanol–water partition coefficient (Wildman–Crippen LogP) is 3.88. The summed E-state index contributed by atoms with van der Waals surface area (Å²) < 4.78 is 4.70. The van der Waals surface area contributed by atoms with Crippen molar-refractivity contribution >= 4 is 29.1 Å². The first-order chi connectivity index (χ1) is 13.4. The first-order valence-corrected chi connectivity index (χ1v) is 8.64. The van der Waals surface area contributed by atoms with Crippen LogP contribution in [0, 0.1) is 13.8 Å². The predicted molar refractivity (Wildman–Crippen MR) is 107 cm³/mol. The van der Waals surface area contributed by atoms with E-state index in [0.717, 1.165) is 11.3 Å². The van der Waals surface area contributed by atoms with Crippen LogP contribution in [-0.2, 0) is 4.74 Å². The summed E-state index contributed by atoms with van der Waals surface area (Å²) in [5.41, 5.74) is 3.04. The Balaban J connectivity index is 1.79. The van der Waals surface area contributed by atoms with Crippen LogP contribution in [0.2, 0.25) is 0 Å². The normalized spacial score (nSPS) is 10.2. The number of aryl methyl sites for hydroxylation is 2. The molecule has 0 aliphatic heterocycles. The van der Waals surface area contributed by atoms with Gasteiger partial charge in [-0.2, -0.15) is 0 Å². The number of hydrogen-bond donors (Lipinski definition) is 2. The van der Waals surface area contributed by atoms with Gasteiger partial charge in [0.1, 0.15) is 17.3 Å². The molecular weight excluding hydrogens is 356 g/mol. The summed E-state index contributed by atoms with van der Waals surface area (Å²) in [6, 6.07) is 15.9. The first kappa shape index (κ1) is 19.0. The molecule has 28 heavy (non-hydrogen) atoms. The van der Waals surface area contributed by atoms with E-state index in [0.29, 0.717) is 22.9 Å². The number of rotatable bonds is 5. The van der Waals surface area contributed by atoms with Crippen LogP contribution in [0.5, 0.6) is 0 Å². The number of methoxy groups -OCH3 is 1. The summed E-state index contributed by atoms with van der Waals surface area (Å²) in [5, 5.41) is 5.91. The van der Waals surface area contributed by atoms with Gasteiger partial charge in [0, 0.05) is 17.4 Å². The monoisotopic (exact) mass is 376 g/mol. The van der Waals surface area contributed by atoms with Crippen LogP contribution >= 0.6 is 0 Å². The average molecular weight is 376 g/mol. The van der Waals surface area contributed by atoms with Gasteiger partial charge in [0.05, 0.1) is 12.7 Å². The van der Waals surface area contributed by atoms with Crippen LogP contribution in [-0.4, -0.2) is 29.0 Å². The zero-order valence-electron chi connectivity index (χ0n) is 15.8. The minimum Gasteiger partial charge on any atom is -0.465 e. The fraction of sp³-hybridized carbons (Fsp3) is 0.143. The molecule has 7 nitrogen and oxygen atoms in total. The smallest absolute Gasteiger partial charge is 0.337 e. The molecule has 3 rings (SSSR count). The number of benzene rings is 2. The number of nitrogens with one attached hydrogen (secondary N) is 2. The molecule has 0 saturated heterocycles. The zero-order valence-corrected chi connectivity index (χ0v) is 15.8. The van der Waals surface area contributed by atoms with Crippen LogP contribution in [0.25, 0.3) is 0 Å². The molecule has 0 atom stereocenters. The van der Waals surface area contributed by atoms with Gasteiger partial charge < -0.3 is 15.4 Å². The summed E-state index contributed by atoms with van der Waals surface area (Å²) in [4.78, 5) is 32.8. The molecule has 3 aromatic rings. The molecule has 0 fully saturated rings. The van der Waals surface area contributed by atoms with E-state index in [4.69, 9.17) is 4.74 Å². The molecule has 0 saturated carbocycles. The highest BCUT2D eigenvalue weighted by atomic mass is 16.5. The number of aromatic nitrogens is 2. The number of carbonyl (C=O) groups excluding carboxylic acids is 2. The van der Waals surface area contributed by atoms with Crippen molar-refractivity contribution in [2.75, 3.05) is 17.7 Å². The Morgan fingerprint density at radius 1 is 0.929 bits per heavy atom. The average Bonchev–Trinajstić information content (AvgIpc) is 2.69. The van der Waals surface area contributed by atoms with Crippen LogP contribution in [0.3, 0.4) is 0 Å². The zero-order chi connectivity index (χ0) is 20.1. The molecule has 142 valence electrons. The van der Waals surface area contributed by atoms with Gasteiger partial charge in [-0.25, -0.2) is 14.8 Å². The van der Waals surface area contributed by atoms with Gasteiger partial charge in [0.2, 0.25) is 0 Å². The molecule has 0 aliphatic rings. The Morgan fingerprint density at radius 3 is 2.39 bits per heavy atom. The van der Waals surface area contributed by atoms with Gasteiger partial charge in [0.25, 0.3) is 5.91 Å². The molecule has 2 N–H and O–H groups in total. The Morgan fingerprint density at radius 2 is 1.68 bits per heavy atom. The van der Waals surface area contributed by atoms with Gasteiger partial charge in [-0.1, -0.05) is 23.8 Å². The molecule has 0 unspecified atom stereocenters. The first-order valence-electron chi connectivity index (χ1n) is 8.64. The van der Waals surface area contributed by atoms with E-state index in [1.807, 2.05) is 31.2 Å². The molecule has 1 aromatic heterocycles. The van der Waals surface area contributed by atoms with E-state index in [1.54, 1.807) is 37.3 Å². The van der Waals surface area contributed by atoms with Crippen molar-refractivity contribution in [1.29, 1.82) is 0 Å². The lowest BCUT2D eigenvalue weighted by atomic mass is 10.2. The fourth-order valence-corrected chi connectivity index (χ4v) is 2.57. The summed E-state index contributed by atoms with van der Waals surface area (Å²) >= 11 is 0. The van der Waals surface area contributed by atoms with Crippen molar-refractivity contribution < 1.29 is 14.3 Å². The van der Waals surface area contributed by atoms with Gasteiger partial charge >= 0.3 is 5.97 Å². The number of ether oxygens (including phenoxy) is 1. The summed E-state index contributed by atoms with van der Waals surface area (Å²) in [6.07, 6.45) is 0. The second-order valence-corrected chi connectivity index (χ2v) is 6.20. The van der Waals surface area contributed by atoms with E-state index in [2.05, 4.69) is 20.6 Å². The number of amides is 1. The van der Waals surface area contributed by atoms with E-state index >= 15 is 0 Å². The van der Waals surface area contributed by atoms with Crippen LogP contribution < -0.4 is 10.6 Å². The highest BCUT2D eigenvalue weighted by Crippen LogP contribution is 2.17. The highest BCUT2D eigenvalue weighted by molar-refractivity contribution is 6.04. The van der Waals surface area contributed by atoms with Crippen molar-refractivity contribution in [3.05, 3.63) is 77.2 Å². The van der Waals surface area contributed by atoms with Crippen molar-refractivity contribution in [1.82, 2.24) is 9.97 Å². The highest BCUT2D eigenvalue weighted by Gasteiger charge is 2.13. The molecular formula is C21H20N4O3. The minimum atomic E-state index is -0.474. The molecule has 2 aromatic carbocycles. The molecule has 0 aliphatic carbocycles. The Labute approximate surface area is 162 Å². The second-order valence-electron chi connectivity index (χ2n) is 6.20. The number of nitrogens with zero attached hydrogens (tertiary/aromatic N) is 2. The third kappa shape index (κ3) is 4.70. The maximum Gasteiger partial charge on any atom is 0.337 e. The van der Waals surface area contributed by atoms with Crippen molar-refractivity contribution in [3.8, 4) is 0 Å². The Hall–Kier alpha value is -3.74. The third-order valence-electron chi connectivity index (χ3n) is 3.94. The van der Waals surface area contributed by atoms with E-state index in [1.165, 1.54) is 7.11 Å². The molecule has 7 heteroatoms. The van der Waals surface area contributed by atoms with Crippen molar-refractivity contribution in [2.24, 2.45) is 0 Å². The number of esters is 1. The molecule has 0 bridgehead atoms. The SMILES string of the molecule is COC(=O)c1cccc(NC(=O)c2cc(Nc3ccc(C)cc3)nc(C)n2)c1. The lowest BCUT2D eigenvalue weighted by Gasteiger charge is -2.10. The Kier molecular flexibility index (Phi) is 5.64. The van der Waals surface area contributed by atoms with Crippen LogP contribution in [0.1, 0.15) is 32.2 Å². The maximum absolute atomic E-state index is 12.6.